The van der Waals surface area contributed by atoms with Gasteiger partial charge in [0.05, 0.1) is 5.56 Å². The summed E-state index contributed by atoms with van der Waals surface area (Å²) in [6.45, 7) is 7.73. The molecule has 172 valence electrons. The molecule has 0 radical (unpaired) electrons. The lowest BCUT2D eigenvalue weighted by Crippen LogP contribution is -2.27. The molecule has 0 saturated heterocycles. The molecule has 0 amide bonds. The van der Waals surface area contributed by atoms with Gasteiger partial charge in [0.2, 0.25) is 0 Å². The molecule has 0 aliphatic heterocycles. The molecule has 3 aromatic rings. The van der Waals surface area contributed by atoms with E-state index in [1.54, 1.807) is 6.07 Å². The summed E-state index contributed by atoms with van der Waals surface area (Å²) in [5.74, 6) is 0.790. The SMILES string of the molecule is CCN(CC)CCOc1ccc(C2=C(c3cccc(C(F)(F)F)c3)Cc3ccccc32)cc1. The van der Waals surface area contributed by atoms with Crippen molar-refractivity contribution in [3.8, 4) is 5.75 Å². The number of ether oxygens (including phenoxy) is 1. The normalized spacial score (nSPS) is 13.5. The standard InChI is InChI=1S/C28H28F3NO/c1-3-32(4-2)16-17-33-24-14-12-20(13-15-24)27-25-11-6-5-8-22(25)19-26(27)21-9-7-10-23(18-21)28(29,30)31/h5-15,18H,3-4,16-17,19H2,1-2H3. The van der Waals surface area contributed by atoms with Crippen LogP contribution in [0.15, 0.2) is 72.8 Å². The van der Waals surface area contributed by atoms with E-state index in [0.717, 1.165) is 59.3 Å². The van der Waals surface area contributed by atoms with Gasteiger partial charge in [0.15, 0.2) is 0 Å². The van der Waals surface area contributed by atoms with Crippen molar-refractivity contribution >= 4 is 11.1 Å². The van der Waals surface area contributed by atoms with Gasteiger partial charge >= 0.3 is 6.18 Å². The summed E-state index contributed by atoms with van der Waals surface area (Å²) in [4.78, 5) is 2.30. The lowest BCUT2D eigenvalue weighted by molar-refractivity contribution is -0.137. The number of alkyl halides is 3. The molecule has 0 heterocycles. The quantitative estimate of drug-likeness (QED) is 0.368. The highest BCUT2D eigenvalue weighted by Crippen LogP contribution is 2.43. The number of nitrogens with zero attached hydrogens (tertiary/aromatic N) is 1. The van der Waals surface area contributed by atoms with Gasteiger partial charge in [-0.3, -0.25) is 0 Å². The number of likely N-dealkylation sites (N-methyl/N-ethyl adjacent to an activating group) is 1. The third-order valence-electron chi connectivity index (χ3n) is 6.21. The summed E-state index contributed by atoms with van der Waals surface area (Å²) in [6.07, 6.45) is -3.76. The second-order valence-corrected chi connectivity index (χ2v) is 8.17. The number of hydrogen-bond donors (Lipinski definition) is 0. The lowest BCUT2D eigenvalue weighted by Gasteiger charge is -2.18. The average Bonchev–Trinajstić information content (AvgIpc) is 3.21. The smallest absolute Gasteiger partial charge is 0.416 e. The lowest BCUT2D eigenvalue weighted by atomic mass is 9.93. The average molecular weight is 452 g/mol. The molecule has 0 fully saturated rings. The summed E-state index contributed by atoms with van der Waals surface area (Å²) >= 11 is 0. The van der Waals surface area contributed by atoms with Crippen molar-refractivity contribution in [2.75, 3.05) is 26.2 Å². The maximum Gasteiger partial charge on any atom is 0.416 e. The van der Waals surface area contributed by atoms with E-state index in [1.165, 1.54) is 12.1 Å². The van der Waals surface area contributed by atoms with Gasteiger partial charge in [0, 0.05) is 6.54 Å². The summed E-state index contributed by atoms with van der Waals surface area (Å²) in [5.41, 5.74) is 5.05. The van der Waals surface area contributed by atoms with Crippen molar-refractivity contribution in [2.24, 2.45) is 0 Å². The fourth-order valence-electron chi connectivity index (χ4n) is 4.37. The maximum atomic E-state index is 13.3. The fourth-order valence-corrected chi connectivity index (χ4v) is 4.37. The fraction of sp³-hybridized carbons (Fsp3) is 0.286. The molecule has 1 aliphatic carbocycles. The monoisotopic (exact) mass is 451 g/mol. The number of fused-ring (bicyclic) bond motifs is 1. The van der Waals surface area contributed by atoms with Crippen LogP contribution >= 0.6 is 0 Å². The van der Waals surface area contributed by atoms with E-state index in [2.05, 4.69) is 18.7 Å². The van der Waals surface area contributed by atoms with Gasteiger partial charge in [-0.25, -0.2) is 0 Å². The minimum absolute atomic E-state index is 0.606. The highest BCUT2D eigenvalue weighted by Gasteiger charge is 2.31. The Kier molecular flexibility index (Phi) is 6.89. The first-order chi connectivity index (χ1) is 15.9. The molecule has 4 rings (SSSR count). The third-order valence-corrected chi connectivity index (χ3v) is 6.21. The summed E-state index contributed by atoms with van der Waals surface area (Å²) in [6, 6.07) is 21.5. The number of hydrogen-bond acceptors (Lipinski definition) is 2. The van der Waals surface area contributed by atoms with Crippen LogP contribution in [0.5, 0.6) is 5.75 Å². The van der Waals surface area contributed by atoms with Gasteiger partial charge in [-0.1, -0.05) is 62.4 Å². The van der Waals surface area contributed by atoms with Gasteiger partial charge in [-0.15, -0.1) is 0 Å². The van der Waals surface area contributed by atoms with Gasteiger partial charge in [-0.2, -0.15) is 13.2 Å². The van der Waals surface area contributed by atoms with Crippen LogP contribution in [0, 0.1) is 0 Å². The van der Waals surface area contributed by atoms with Crippen LogP contribution in [0.3, 0.4) is 0 Å². The molecule has 0 aromatic heterocycles. The van der Waals surface area contributed by atoms with Crippen molar-refractivity contribution in [2.45, 2.75) is 26.4 Å². The molecule has 0 atom stereocenters. The Bertz CT molecular complexity index is 1130. The van der Waals surface area contributed by atoms with E-state index in [4.69, 9.17) is 4.74 Å². The van der Waals surface area contributed by atoms with Crippen LogP contribution < -0.4 is 4.74 Å². The van der Waals surface area contributed by atoms with E-state index in [0.29, 0.717) is 18.6 Å². The topological polar surface area (TPSA) is 12.5 Å². The number of halogens is 3. The van der Waals surface area contributed by atoms with Crippen molar-refractivity contribution < 1.29 is 17.9 Å². The molecular weight excluding hydrogens is 423 g/mol. The molecule has 0 bridgehead atoms. The molecule has 0 saturated carbocycles. The first-order valence-electron chi connectivity index (χ1n) is 11.3. The minimum Gasteiger partial charge on any atom is -0.492 e. The molecule has 3 aromatic carbocycles. The Morgan fingerprint density at radius 3 is 2.27 bits per heavy atom. The minimum atomic E-state index is -4.37. The predicted molar refractivity (Wildman–Crippen MR) is 127 cm³/mol. The van der Waals surface area contributed by atoms with E-state index in [9.17, 15) is 13.2 Å². The number of benzene rings is 3. The highest BCUT2D eigenvalue weighted by molar-refractivity contribution is 6.03. The zero-order valence-electron chi connectivity index (χ0n) is 19.0. The molecule has 5 heteroatoms. The van der Waals surface area contributed by atoms with E-state index < -0.39 is 11.7 Å². The third kappa shape index (κ3) is 5.14. The van der Waals surface area contributed by atoms with Crippen LogP contribution in [0.2, 0.25) is 0 Å². The Hall–Kier alpha value is -3.05. The van der Waals surface area contributed by atoms with Crippen molar-refractivity contribution in [1.29, 1.82) is 0 Å². The first kappa shape index (κ1) is 23.1. The van der Waals surface area contributed by atoms with Crippen LogP contribution in [-0.2, 0) is 12.6 Å². The number of rotatable bonds is 8. The molecule has 0 spiro atoms. The van der Waals surface area contributed by atoms with E-state index in [-0.39, 0.29) is 0 Å². The highest BCUT2D eigenvalue weighted by atomic mass is 19.4. The molecule has 2 nitrogen and oxygen atoms in total. The summed E-state index contributed by atoms with van der Waals surface area (Å²) in [5, 5.41) is 0. The van der Waals surface area contributed by atoms with Crippen LogP contribution in [0.1, 0.15) is 41.7 Å². The van der Waals surface area contributed by atoms with Crippen LogP contribution in [-0.4, -0.2) is 31.1 Å². The first-order valence-corrected chi connectivity index (χ1v) is 11.3. The second-order valence-electron chi connectivity index (χ2n) is 8.17. The van der Waals surface area contributed by atoms with Gasteiger partial charge in [0.25, 0.3) is 0 Å². The van der Waals surface area contributed by atoms with Crippen LogP contribution in [0.25, 0.3) is 11.1 Å². The predicted octanol–water partition coefficient (Wildman–Crippen LogP) is 6.94. The zero-order valence-corrected chi connectivity index (χ0v) is 19.0. The molecule has 0 N–H and O–H groups in total. The Labute approximate surface area is 193 Å². The second kappa shape index (κ2) is 9.84. The number of allylic oxidation sites excluding steroid dienone is 1. The summed E-state index contributed by atoms with van der Waals surface area (Å²) in [7, 11) is 0. The largest absolute Gasteiger partial charge is 0.492 e. The summed E-state index contributed by atoms with van der Waals surface area (Å²) < 4.78 is 45.9. The van der Waals surface area contributed by atoms with Crippen molar-refractivity contribution in [1.82, 2.24) is 4.90 Å². The molecule has 0 unspecified atom stereocenters. The molecule has 33 heavy (non-hydrogen) atoms. The van der Waals surface area contributed by atoms with Crippen LogP contribution in [0.4, 0.5) is 13.2 Å². The van der Waals surface area contributed by atoms with E-state index >= 15 is 0 Å². The van der Waals surface area contributed by atoms with E-state index in [1.807, 2.05) is 48.5 Å². The molecule has 1 aliphatic rings. The van der Waals surface area contributed by atoms with Crippen molar-refractivity contribution in [3.63, 3.8) is 0 Å². The Balaban J connectivity index is 1.65. The Morgan fingerprint density at radius 1 is 0.848 bits per heavy atom. The van der Waals surface area contributed by atoms with Gasteiger partial charge < -0.3 is 9.64 Å². The molecular formula is C28H28F3NO. The zero-order chi connectivity index (χ0) is 23.4. The Morgan fingerprint density at radius 2 is 1.58 bits per heavy atom. The van der Waals surface area contributed by atoms with Gasteiger partial charge in [-0.05, 0) is 77.2 Å². The van der Waals surface area contributed by atoms with Crippen molar-refractivity contribution in [3.05, 3.63) is 101 Å². The maximum absolute atomic E-state index is 13.3. The van der Waals surface area contributed by atoms with Gasteiger partial charge in [0.1, 0.15) is 12.4 Å².